The van der Waals surface area contributed by atoms with Crippen LogP contribution >= 0.6 is 0 Å². The first-order chi connectivity index (χ1) is 28.7. The molecule has 10 rings (SSSR count). The molecule has 0 spiro atoms. The van der Waals surface area contributed by atoms with E-state index in [0.29, 0.717) is 0 Å². The molecule has 274 valence electrons. The van der Waals surface area contributed by atoms with Crippen molar-refractivity contribution in [3.05, 3.63) is 237 Å². The standard InChI is InChI=1S/C55H39N3/c1-6-18-40(19-7-1)46-34-47(41-20-8-2-9-21-41)37-51(36-46)58(52-38-48(42-22-10-3-11-23-42)35-49(39-52)43-24-12-4-13-25-43)50-31-29-45(30-32-50)55-54(44-26-14-5-15-27-44)56-53-28-16-17-33-57(53)55/h1-39H. The molecule has 0 aliphatic carbocycles. The van der Waals surface area contributed by atoms with Crippen LogP contribution in [-0.2, 0) is 0 Å². The molecule has 8 aromatic carbocycles. The highest BCUT2D eigenvalue weighted by Gasteiger charge is 2.20. The minimum Gasteiger partial charge on any atom is -0.310 e. The maximum atomic E-state index is 5.12. The fourth-order valence-corrected chi connectivity index (χ4v) is 7.95. The minimum atomic E-state index is 0.916. The third kappa shape index (κ3) is 6.87. The normalized spacial score (nSPS) is 11.1. The van der Waals surface area contributed by atoms with Crippen LogP contribution in [0.25, 0.3) is 72.7 Å². The summed E-state index contributed by atoms with van der Waals surface area (Å²) < 4.78 is 2.19. The lowest BCUT2D eigenvalue weighted by Crippen LogP contribution is -2.11. The number of rotatable bonds is 9. The van der Waals surface area contributed by atoms with Crippen molar-refractivity contribution in [3.63, 3.8) is 0 Å². The summed E-state index contributed by atoms with van der Waals surface area (Å²) in [6.45, 7) is 0. The first kappa shape index (κ1) is 34.7. The molecule has 0 N–H and O–H groups in total. The van der Waals surface area contributed by atoms with E-state index < -0.39 is 0 Å². The van der Waals surface area contributed by atoms with Crippen LogP contribution in [0.1, 0.15) is 0 Å². The van der Waals surface area contributed by atoms with Gasteiger partial charge in [0.1, 0.15) is 5.65 Å². The Labute approximate surface area is 339 Å². The minimum absolute atomic E-state index is 0.916. The van der Waals surface area contributed by atoms with Crippen LogP contribution in [0.15, 0.2) is 237 Å². The zero-order valence-corrected chi connectivity index (χ0v) is 31.9. The highest BCUT2D eigenvalue weighted by molar-refractivity contribution is 5.90. The largest absolute Gasteiger partial charge is 0.310 e. The molecule has 2 heterocycles. The molecule has 0 atom stereocenters. The highest BCUT2D eigenvalue weighted by Crippen LogP contribution is 2.43. The first-order valence-electron chi connectivity index (χ1n) is 19.7. The average molecular weight is 742 g/mol. The number of anilines is 3. The van der Waals surface area contributed by atoms with Gasteiger partial charge in [-0.25, -0.2) is 4.98 Å². The number of imidazole rings is 1. The van der Waals surface area contributed by atoms with Gasteiger partial charge in [0.15, 0.2) is 0 Å². The van der Waals surface area contributed by atoms with Crippen LogP contribution in [0.5, 0.6) is 0 Å². The summed E-state index contributed by atoms with van der Waals surface area (Å²) in [7, 11) is 0. The second-order valence-electron chi connectivity index (χ2n) is 14.5. The number of hydrogen-bond acceptors (Lipinski definition) is 2. The van der Waals surface area contributed by atoms with Gasteiger partial charge in [-0.15, -0.1) is 0 Å². The first-order valence-corrected chi connectivity index (χ1v) is 19.7. The van der Waals surface area contributed by atoms with Crippen molar-refractivity contribution in [2.75, 3.05) is 4.90 Å². The van der Waals surface area contributed by atoms with Gasteiger partial charge in [-0.3, -0.25) is 4.40 Å². The van der Waals surface area contributed by atoms with Crippen molar-refractivity contribution >= 4 is 22.7 Å². The molecule has 0 radical (unpaired) electrons. The molecule has 3 heteroatoms. The number of nitrogens with zero attached hydrogens (tertiary/aromatic N) is 3. The van der Waals surface area contributed by atoms with Gasteiger partial charge >= 0.3 is 0 Å². The van der Waals surface area contributed by atoms with Crippen LogP contribution < -0.4 is 4.90 Å². The van der Waals surface area contributed by atoms with Crippen molar-refractivity contribution < 1.29 is 0 Å². The summed E-state index contributed by atoms with van der Waals surface area (Å²) >= 11 is 0. The molecule has 2 aromatic heterocycles. The molecule has 0 unspecified atom stereocenters. The number of fused-ring (bicyclic) bond motifs is 1. The maximum Gasteiger partial charge on any atom is 0.137 e. The SMILES string of the molecule is c1ccc(-c2cc(-c3ccccc3)cc(N(c3ccc(-c4c(-c5ccccc5)nc5ccccn45)cc3)c3cc(-c4ccccc4)cc(-c4ccccc4)c3)c2)cc1. The molecule has 58 heavy (non-hydrogen) atoms. The lowest BCUT2D eigenvalue weighted by molar-refractivity contribution is 1.19. The van der Waals surface area contributed by atoms with Gasteiger partial charge < -0.3 is 4.90 Å². The van der Waals surface area contributed by atoms with Gasteiger partial charge in [0.25, 0.3) is 0 Å². The van der Waals surface area contributed by atoms with E-state index in [1.54, 1.807) is 0 Å². The smallest absolute Gasteiger partial charge is 0.137 e. The Balaban J connectivity index is 1.21. The van der Waals surface area contributed by atoms with E-state index in [2.05, 4.69) is 234 Å². The lowest BCUT2D eigenvalue weighted by Gasteiger charge is -2.28. The third-order valence-electron chi connectivity index (χ3n) is 10.8. The van der Waals surface area contributed by atoms with Crippen LogP contribution in [0.2, 0.25) is 0 Å². The van der Waals surface area contributed by atoms with Crippen LogP contribution in [0, 0.1) is 0 Å². The predicted octanol–water partition coefficient (Wildman–Crippen LogP) is 14.8. The molecular weight excluding hydrogens is 703 g/mol. The summed E-state index contributed by atoms with van der Waals surface area (Å²) in [5.41, 5.74) is 17.6. The van der Waals surface area contributed by atoms with Gasteiger partial charge in [0, 0.05) is 34.4 Å². The quantitative estimate of drug-likeness (QED) is 0.147. The van der Waals surface area contributed by atoms with E-state index in [-0.39, 0.29) is 0 Å². The Hall–Kier alpha value is -7.75. The van der Waals surface area contributed by atoms with Crippen molar-refractivity contribution in [2.24, 2.45) is 0 Å². The van der Waals surface area contributed by atoms with Crippen molar-refractivity contribution in [1.82, 2.24) is 9.38 Å². The van der Waals surface area contributed by atoms with E-state index in [0.717, 1.165) is 67.5 Å². The highest BCUT2D eigenvalue weighted by atomic mass is 15.1. The van der Waals surface area contributed by atoms with Gasteiger partial charge in [-0.05, 0) is 105 Å². The summed E-state index contributed by atoms with van der Waals surface area (Å²) in [6.07, 6.45) is 2.10. The van der Waals surface area contributed by atoms with Crippen LogP contribution in [-0.4, -0.2) is 9.38 Å². The summed E-state index contributed by atoms with van der Waals surface area (Å²) in [5, 5.41) is 0. The van der Waals surface area contributed by atoms with Crippen molar-refractivity contribution in [3.8, 4) is 67.0 Å². The number of benzene rings is 8. The second-order valence-corrected chi connectivity index (χ2v) is 14.5. The maximum absolute atomic E-state index is 5.12. The molecule has 3 nitrogen and oxygen atoms in total. The van der Waals surface area contributed by atoms with E-state index in [9.17, 15) is 0 Å². The molecule has 0 amide bonds. The number of aromatic nitrogens is 2. The van der Waals surface area contributed by atoms with Gasteiger partial charge in [0.2, 0.25) is 0 Å². The Kier molecular flexibility index (Phi) is 9.23. The molecule has 0 saturated carbocycles. The van der Waals surface area contributed by atoms with Crippen molar-refractivity contribution in [1.29, 1.82) is 0 Å². The van der Waals surface area contributed by atoms with Crippen LogP contribution in [0.3, 0.4) is 0 Å². The fraction of sp³-hybridized carbons (Fsp3) is 0. The fourth-order valence-electron chi connectivity index (χ4n) is 7.95. The van der Waals surface area contributed by atoms with Crippen LogP contribution in [0.4, 0.5) is 17.1 Å². The Morgan fingerprint density at radius 1 is 0.293 bits per heavy atom. The third-order valence-corrected chi connectivity index (χ3v) is 10.8. The van der Waals surface area contributed by atoms with Gasteiger partial charge in [0.05, 0.1) is 11.4 Å². The van der Waals surface area contributed by atoms with Gasteiger partial charge in [-0.2, -0.15) is 0 Å². The average Bonchev–Trinajstić information content (AvgIpc) is 3.70. The molecule has 0 bridgehead atoms. The molecule has 0 saturated heterocycles. The zero-order valence-electron chi connectivity index (χ0n) is 31.9. The zero-order chi connectivity index (χ0) is 38.7. The number of pyridine rings is 1. The monoisotopic (exact) mass is 741 g/mol. The molecular formula is C55H39N3. The Bertz CT molecular complexity index is 2720. The molecule has 0 aliphatic rings. The van der Waals surface area contributed by atoms with Gasteiger partial charge in [-0.1, -0.05) is 170 Å². The topological polar surface area (TPSA) is 20.5 Å². The predicted molar refractivity (Wildman–Crippen MR) is 242 cm³/mol. The van der Waals surface area contributed by atoms with E-state index >= 15 is 0 Å². The van der Waals surface area contributed by atoms with Crippen molar-refractivity contribution in [2.45, 2.75) is 0 Å². The number of hydrogen-bond donors (Lipinski definition) is 0. The summed E-state index contributed by atoms with van der Waals surface area (Å²) in [5.74, 6) is 0. The summed E-state index contributed by atoms with van der Waals surface area (Å²) in [4.78, 5) is 7.53. The Morgan fingerprint density at radius 2 is 0.672 bits per heavy atom. The van der Waals surface area contributed by atoms with E-state index in [1.165, 1.54) is 22.3 Å². The van der Waals surface area contributed by atoms with E-state index in [4.69, 9.17) is 4.98 Å². The molecule has 10 aromatic rings. The summed E-state index contributed by atoms with van der Waals surface area (Å²) in [6, 6.07) is 82.3. The van der Waals surface area contributed by atoms with E-state index in [1.807, 2.05) is 12.1 Å². The lowest BCUT2D eigenvalue weighted by atomic mass is 9.95. The molecule has 0 aliphatic heterocycles. The molecule has 0 fully saturated rings. The Morgan fingerprint density at radius 3 is 1.09 bits per heavy atom. The second kappa shape index (κ2) is 15.4.